The van der Waals surface area contributed by atoms with E-state index in [1.165, 1.54) is 0 Å². The molecule has 0 aliphatic carbocycles. The molecule has 0 saturated carbocycles. The maximum Gasteiger partial charge on any atom is 0.422 e. The first kappa shape index (κ1) is 19.6. The first-order chi connectivity index (χ1) is 11.8. The van der Waals surface area contributed by atoms with Crippen molar-refractivity contribution >= 4 is 0 Å². The van der Waals surface area contributed by atoms with E-state index in [9.17, 15) is 48.3 Å². The van der Waals surface area contributed by atoms with Crippen LogP contribution in [0.15, 0.2) is 0 Å². The van der Waals surface area contributed by atoms with E-state index in [0.717, 1.165) is 0 Å². The molecular formula is C13HF11O2. The van der Waals surface area contributed by atoms with Crippen LogP contribution >= 0.6 is 0 Å². The van der Waals surface area contributed by atoms with Crippen molar-refractivity contribution in [2.24, 2.45) is 0 Å². The lowest BCUT2D eigenvalue weighted by Gasteiger charge is -2.15. The molecule has 0 radical (unpaired) electrons. The topological polar surface area (TPSA) is 29.5 Å². The van der Waals surface area contributed by atoms with E-state index in [2.05, 4.69) is 4.74 Å². The molecule has 2 aromatic carbocycles. The minimum absolute atomic E-state index is 2.20. The molecule has 26 heavy (non-hydrogen) atoms. The zero-order chi connectivity index (χ0) is 20.1. The third-order valence-corrected chi connectivity index (χ3v) is 2.91. The molecule has 0 aliphatic heterocycles. The summed E-state index contributed by atoms with van der Waals surface area (Å²) in [6.45, 7) is 0. The summed E-state index contributed by atoms with van der Waals surface area (Å²) >= 11 is 0. The van der Waals surface area contributed by atoms with Crippen molar-refractivity contribution < 1.29 is 58.1 Å². The van der Waals surface area contributed by atoms with E-state index >= 15 is 0 Å². The molecule has 2 aromatic rings. The monoisotopic (exact) mass is 398 g/mol. The summed E-state index contributed by atoms with van der Waals surface area (Å²) in [5.74, 6) is -29.0. The van der Waals surface area contributed by atoms with Crippen LogP contribution in [0.3, 0.4) is 0 Å². The largest absolute Gasteiger partial charge is 0.503 e. The first-order valence-electron chi connectivity index (χ1n) is 5.96. The average molecular weight is 398 g/mol. The van der Waals surface area contributed by atoms with Crippen molar-refractivity contribution in [2.75, 3.05) is 0 Å². The van der Waals surface area contributed by atoms with Crippen molar-refractivity contribution in [3.8, 4) is 17.2 Å². The van der Waals surface area contributed by atoms with Gasteiger partial charge in [0.25, 0.3) is 0 Å². The fourth-order valence-corrected chi connectivity index (χ4v) is 1.74. The van der Waals surface area contributed by atoms with E-state index in [-0.39, 0.29) is 0 Å². The number of ether oxygens (including phenoxy) is 1. The zero-order valence-electron chi connectivity index (χ0n) is 11.5. The number of rotatable bonds is 2. The van der Waals surface area contributed by atoms with E-state index in [0.29, 0.717) is 0 Å². The lowest BCUT2D eigenvalue weighted by atomic mass is 10.1. The molecule has 0 amide bonds. The molecule has 2 nitrogen and oxygen atoms in total. The Kier molecular flexibility index (Phi) is 4.68. The van der Waals surface area contributed by atoms with E-state index in [4.69, 9.17) is 5.11 Å². The predicted molar refractivity (Wildman–Crippen MR) is 59.3 cm³/mol. The summed E-state index contributed by atoms with van der Waals surface area (Å²) in [5.41, 5.74) is -3.01. The molecule has 0 spiro atoms. The van der Waals surface area contributed by atoms with Gasteiger partial charge in [0.2, 0.25) is 46.4 Å². The van der Waals surface area contributed by atoms with Gasteiger partial charge in [-0.2, -0.15) is 39.5 Å². The first-order valence-corrected chi connectivity index (χ1v) is 5.96. The van der Waals surface area contributed by atoms with Crippen molar-refractivity contribution in [3.05, 3.63) is 52.1 Å². The Labute approximate surface area is 135 Å². The molecule has 142 valence electrons. The molecule has 0 unspecified atom stereocenters. The Balaban J connectivity index is 2.75. The van der Waals surface area contributed by atoms with Crippen LogP contribution in [-0.2, 0) is 6.18 Å². The summed E-state index contributed by atoms with van der Waals surface area (Å²) in [5, 5.41) is 8.70. The fraction of sp³-hybridized carbons (Fsp3) is 0.0769. The molecule has 13 heteroatoms. The number of phenols is 1. The van der Waals surface area contributed by atoms with Gasteiger partial charge in [-0.25, -0.2) is 8.78 Å². The van der Waals surface area contributed by atoms with Gasteiger partial charge in [0, 0.05) is 0 Å². The summed E-state index contributed by atoms with van der Waals surface area (Å²) in [4.78, 5) is 0. The van der Waals surface area contributed by atoms with Gasteiger partial charge in [-0.15, -0.1) is 0 Å². The van der Waals surface area contributed by atoms with Gasteiger partial charge in [0.15, 0.2) is 17.4 Å². The number of benzene rings is 2. The van der Waals surface area contributed by atoms with Crippen molar-refractivity contribution in [3.63, 3.8) is 0 Å². The van der Waals surface area contributed by atoms with Crippen LogP contribution in [0, 0.1) is 46.5 Å². The van der Waals surface area contributed by atoms with Crippen LogP contribution in [0.2, 0.25) is 0 Å². The Bertz CT molecular complexity index is 846. The predicted octanol–water partition coefficient (Wildman–Crippen LogP) is 5.32. The van der Waals surface area contributed by atoms with Crippen molar-refractivity contribution in [2.45, 2.75) is 6.18 Å². The number of hydrogen-bond acceptors (Lipinski definition) is 2. The van der Waals surface area contributed by atoms with Gasteiger partial charge in [0.05, 0.1) is 0 Å². The summed E-state index contributed by atoms with van der Waals surface area (Å²) < 4.78 is 148. The number of alkyl halides is 3. The number of phenolic OH excluding ortho intramolecular Hbond substituents is 1. The zero-order valence-corrected chi connectivity index (χ0v) is 11.5. The third kappa shape index (κ3) is 2.86. The van der Waals surface area contributed by atoms with Crippen LogP contribution in [-0.4, -0.2) is 5.11 Å². The standard InChI is InChI=1S/C13HF11O2/c14-2-1(13(22,23)24)3(15)7(19)11(6(2)18)26-12-8(20)4(16)10(25)5(17)9(12)21/h25H. The van der Waals surface area contributed by atoms with Gasteiger partial charge >= 0.3 is 6.18 Å². The maximum atomic E-state index is 13.6. The number of halogens is 11. The molecule has 1 N–H and O–H groups in total. The fourth-order valence-electron chi connectivity index (χ4n) is 1.74. The van der Waals surface area contributed by atoms with Crippen molar-refractivity contribution in [1.29, 1.82) is 0 Å². The van der Waals surface area contributed by atoms with Gasteiger partial charge < -0.3 is 9.84 Å². The highest BCUT2D eigenvalue weighted by molar-refractivity contribution is 5.43. The van der Waals surface area contributed by atoms with Crippen LogP contribution < -0.4 is 4.74 Å². The second kappa shape index (κ2) is 6.21. The molecule has 0 aromatic heterocycles. The number of aromatic hydroxyl groups is 1. The summed E-state index contributed by atoms with van der Waals surface area (Å²) in [6.07, 6.45) is -5.90. The molecule has 0 bridgehead atoms. The third-order valence-electron chi connectivity index (χ3n) is 2.91. The number of hydrogen-bond donors (Lipinski definition) is 1. The van der Waals surface area contributed by atoms with E-state index in [1.807, 2.05) is 0 Å². The minimum atomic E-state index is -5.90. The Morgan fingerprint density at radius 2 is 0.846 bits per heavy atom. The molecule has 0 atom stereocenters. The molecule has 2 rings (SSSR count). The molecule has 0 saturated heterocycles. The highest BCUT2D eigenvalue weighted by Crippen LogP contribution is 2.42. The lowest BCUT2D eigenvalue weighted by molar-refractivity contribution is -0.143. The van der Waals surface area contributed by atoms with Gasteiger partial charge in [-0.3, -0.25) is 0 Å². The Morgan fingerprint density at radius 1 is 0.538 bits per heavy atom. The second-order valence-electron chi connectivity index (χ2n) is 4.49. The van der Waals surface area contributed by atoms with Crippen LogP contribution in [0.1, 0.15) is 5.56 Å². The molecular weight excluding hydrogens is 397 g/mol. The minimum Gasteiger partial charge on any atom is -0.503 e. The molecule has 0 fully saturated rings. The molecule has 0 heterocycles. The smallest absolute Gasteiger partial charge is 0.422 e. The van der Waals surface area contributed by atoms with Crippen LogP contribution in [0.4, 0.5) is 48.3 Å². The van der Waals surface area contributed by atoms with Gasteiger partial charge in [0.1, 0.15) is 5.56 Å². The Hall–Kier alpha value is -2.73. The summed E-state index contributed by atoms with van der Waals surface area (Å²) in [7, 11) is 0. The molecule has 0 aliphatic rings. The van der Waals surface area contributed by atoms with E-state index < -0.39 is 75.5 Å². The van der Waals surface area contributed by atoms with Crippen LogP contribution in [0.25, 0.3) is 0 Å². The van der Waals surface area contributed by atoms with E-state index in [1.54, 1.807) is 0 Å². The highest BCUT2D eigenvalue weighted by Gasteiger charge is 2.43. The van der Waals surface area contributed by atoms with Crippen molar-refractivity contribution in [1.82, 2.24) is 0 Å². The maximum absolute atomic E-state index is 13.6. The normalized spacial score (nSPS) is 11.8. The lowest BCUT2D eigenvalue weighted by Crippen LogP contribution is -2.16. The average Bonchev–Trinajstić information content (AvgIpc) is 2.55. The van der Waals surface area contributed by atoms with Gasteiger partial charge in [-0.1, -0.05) is 0 Å². The van der Waals surface area contributed by atoms with Crippen LogP contribution in [0.5, 0.6) is 17.2 Å². The Morgan fingerprint density at radius 3 is 1.15 bits per heavy atom. The SMILES string of the molecule is Oc1c(F)c(F)c(Oc2c(F)c(F)c(C(F)(F)F)c(F)c2F)c(F)c1F. The quantitative estimate of drug-likeness (QED) is 0.549. The van der Waals surface area contributed by atoms with Gasteiger partial charge in [-0.05, 0) is 0 Å². The highest BCUT2D eigenvalue weighted by atomic mass is 19.4. The summed E-state index contributed by atoms with van der Waals surface area (Å²) in [6, 6.07) is 0. The second-order valence-corrected chi connectivity index (χ2v) is 4.49.